The van der Waals surface area contributed by atoms with Crippen LogP contribution in [-0.4, -0.2) is 98.8 Å². The highest BCUT2D eigenvalue weighted by atomic mass is 32.1. The molecule has 0 bridgehead atoms. The molecule has 1 atom stereocenters. The molecule has 2 aliphatic heterocycles. The number of piperazine rings is 1. The van der Waals surface area contributed by atoms with Gasteiger partial charge in [-0.15, -0.1) is 11.3 Å². The van der Waals surface area contributed by atoms with E-state index in [4.69, 9.17) is 0 Å². The second-order valence-corrected chi connectivity index (χ2v) is 16.6. The molecule has 4 heterocycles. The molecule has 3 amide bonds. The van der Waals surface area contributed by atoms with E-state index < -0.39 is 18.2 Å². The number of benzene rings is 1. The Morgan fingerprint density at radius 3 is 2.25 bits per heavy atom. The smallest absolute Gasteiger partial charge is 0.262 e. The summed E-state index contributed by atoms with van der Waals surface area (Å²) in [7, 11) is 0. The fourth-order valence-corrected chi connectivity index (χ4v) is 8.48. The molecule has 2 aromatic heterocycles. The first kappa shape index (κ1) is 37.1. The van der Waals surface area contributed by atoms with Crippen LogP contribution in [0.4, 0.5) is 5.69 Å². The van der Waals surface area contributed by atoms with Crippen molar-refractivity contribution < 1.29 is 24.6 Å². The van der Waals surface area contributed by atoms with Crippen LogP contribution >= 0.6 is 11.3 Å². The van der Waals surface area contributed by atoms with Crippen molar-refractivity contribution in [3.63, 3.8) is 0 Å². The van der Waals surface area contributed by atoms with Gasteiger partial charge in [0.25, 0.3) is 5.91 Å². The van der Waals surface area contributed by atoms with E-state index in [1.54, 1.807) is 28.3 Å². The normalized spacial score (nSPS) is 21.1. The molecular weight excluding hydrogens is 665 g/mol. The lowest BCUT2D eigenvalue weighted by Gasteiger charge is -2.41. The molecule has 3 aromatic rings. The van der Waals surface area contributed by atoms with Gasteiger partial charge in [-0.25, -0.2) is 9.97 Å². The minimum absolute atomic E-state index is 0.0869. The number of likely N-dealkylation sites (tertiary alicyclic amines) is 1. The number of hydrogen-bond acceptors (Lipinski definition) is 9. The summed E-state index contributed by atoms with van der Waals surface area (Å²) >= 11 is 1.42. The van der Waals surface area contributed by atoms with Crippen LogP contribution in [0.15, 0.2) is 48.8 Å². The molecule has 1 saturated carbocycles. The van der Waals surface area contributed by atoms with Crippen LogP contribution in [0, 0.1) is 11.8 Å². The third kappa shape index (κ3) is 8.85. The van der Waals surface area contributed by atoms with Gasteiger partial charge in [0.15, 0.2) is 12.1 Å². The molecule has 1 aliphatic carbocycles. The van der Waals surface area contributed by atoms with Crippen molar-refractivity contribution in [3.05, 3.63) is 64.1 Å². The maximum atomic E-state index is 13.5. The SMILES string of the molecule is CCCC1CCC(N2CCN(c3cnc(-c4ccc(CC(NC(=O)c5ccc(C(C)(C)C)s5)C(=O)N5CC(C(O)O)C5)cc4)nc3)C(=O)C2)CC1. The predicted octanol–water partition coefficient (Wildman–Crippen LogP) is 4.62. The van der Waals surface area contributed by atoms with Crippen molar-refractivity contribution in [3.8, 4) is 11.4 Å². The van der Waals surface area contributed by atoms with E-state index in [0.717, 1.165) is 28.5 Å². The summed E-state index contributed by atoms with van der Waals surface area (Å²) in [6.45, 7) is 10.9. The molecule has 1 unspecified atom stereocenters. The number of nitrogens with one attached hydrogen (secondary N) is 1. The van der Waals surface area contributed by atoms with Crippen molar-refractivity contribution in [2.45, 2.75) is 96.4 Å². The maximum absolute atomic E-state index is 13.5. The van der Waals surface area contributed by atoms with Crippen LogP contribution in [0.5, 0.6) is 0 Å². The molecule has 3 N–H and O–H groups in total. The molecule has 1 aromatic carbocycles. The van der Waals surface area contributed by atoms with E-state index in [-0.39, 0.29) is 42.6 Å². The molecule has 12 heteroatoms. The number of thiophene rings is 1. The van der Waals surface area contributed by atoms with Crippen LogP contribution in [0.25, 0.3) is 11.4 Å². The van der Waals surface area contributed by atoms with Crippen molar-refractivity contribution in [2.24, 2.45) is 11.8 Å². The van der Waals surface area contributed by atoms with E-state index in [9.17, 15) is 24.6 Å². The quantitative estimate of drug-likeness (QED) is 0.245. The Bertz CT molecular complexity index is 1660. The van der Waals surface area contributed by atoms with Gasteiger partial charge in [-0.05, 0) is 54.7 Å². The number of rotatable bonds is 11. The Morgan fingerprint density at radius 2 is 1.67 bits per heavy atom. The summed E-state index contributed by atoms with van der Waals surface area (Å²) < 4.78 is 0. The number of aliphatic hydroxyl groups is 2. The average Bonchev–Trinajstić information content (AvgIpc) is 3.60. The lowest BCUT2D eigenvalue weighted by Crippen LogP contribution is -2.59. The maximum Gasteiger partial charge on any atom is 0.262 e. The first-order chi connectivity index (χ1) is 24.4. The zero-order valence-electron chi connectivity index (χ0n) is 30.3. The van der Waals surface area contributed by atoms with Crippen molar-refractivity contribution in [1.82, 2.24) is 25.1 Å². The Balaban J connectivity index is 1.07. The van der Waals surface area contributed by atoms with E-state index in [1.165, 1.54) is 49.9 Å². The number of anilines is 1. The molecular formula is C39H52N6O5S. The van der Waals surface area contributed by atoms with Gasteiger partial charge < -0.3 is 25.3 Å². The molecule has 51 heavy (non-hydrogen) atoms. The lowest BCUT2D eigenvalue weighted by molar-refractivity contribution is -0.157. The van der Waals surface area contributed by atoms with Gasteiger partial charge in [-0.1, -0.05) is 64.8 Å². The van der Waals surface area contributed by atoms with Crippen LogP contribution in [-0.2, 0) is 21.4 Å². The molecule has 0 radical (unpaired) electrons. The van der Waals surface area contributed by atoms with Crippen molar-refractivity contribution in [2.75, 3.05) is 37.6 Å². The lowest BCUT2D eigenvalue weighted by atomic mass is 9.83. The van der Waals surface area contributed by atoms with E-state index in [0.29, 0.717) is 35.5 Å². The summed E-state index contributed by atoms with van der Waals surface area (Å²) in [5, 5.41) is 22.0. The van der Waals surface area contributed by atoms with Gasteiger partial charge in [0.05, 0.1) is 29.5 Å². The van der Waals surface area contributed by atoms with Gasteiger partial charge in [0, 0.05) is 55.0 Å². The number of aliphatic hydroxyl groups excluding tert-OH is 1. The Hall–Kier alpha value is -3.71. The standard InChI is InChI=1S/C39H52N6O5S/c1-5-6-25-9-13-29(14-10-25)43-17-18-45(34(46)24-43)30-20-40-35(41-21-30)27-11-7-26(8-12-27)19-31(37(48)44-22-28(23-44)38(49)50)42-36(47)32-15-16-33(51-32)39(2,3)4/h7-8,11-12,15-16,20-21,25,28-29,31,38,49-50H,5-6,9-10,13-14,17-19,22-24H2,1-4H3,(H,42,47). The van der Waals surface area contributed by atoms with E-state index in [2.05, 4.69) is 47.9 Å². The highest BCUT2D eigenvalue weighted by Gasteiger charge is 2.38. The number of amides is 3. The minimum Gasteiger partial charge on any atom is -0.368 e. The van der Waals surface area contributed by atoms with Crippen LogP contribution in [0.1, 0.15) is 86.3 Å². The summed E-state index contributed by atoms with van der Waals surface area (Å²) in [6, 6.07) is 11.0. The summed E-state index contributed by atoms with van der Waals surface area (Å²) in [5.74, 6) is 0.492. The van der Waals surface area contributed by atoms with Gasteiger partial charge in [0.2, 0.25) is 11.8 Å². The zero-order chi connectivity index (χ0) is 36.3. The zero-order valence-corrected chi connectivity index (χ0v) is 31.1. The van der Waals surface area contributed by atoms with Crippen molar-refractivity contribution >= 4 is 34.7 Å². The Labute approximate surface area is 305 Å². The summed E-state index contributed by atoms with van der Waals surface area (Å²) in [4.78, 5) is 56.6. The Kier molecular flexibility index (Phi) is 11.5. The minimum atomic E-state index is -1.48. The van der Waals surface area contributed by atoms with Gasteiger partial charge in [-0.2, -0.15) is 0 Å². The van der Waals surface area contributed by atoms with E-state index in [1.807, 2.05) is 30.3 Å². The molecule has 0 spiro atoms. The Morgan fingerprint density at radius 1 is 0.980 bits per heavy atom. The van der Waals surface area contributed by atoms with Crippen LogP contribution in [0.3, 0.4) is 0 Å². The summed E-state index contributed by atoms with van der Waals surface area (Å²) in [6.07, 6.45) is 9.66. The van der Waals surface area contributed by atoms with Gasteiger partial charge in [-0.3, -0.25) is 19.3 Å². The summed E-state index contributed by atoms with van der Waals surface area (Å²) in [5.41, 5.74) is 2.24. The second-order valence-electron chi connectivity index (χ2n) is 15.5. The van der Waals surface area contributed by atoms with E-state index >= 15 is 0 Å². The predicted molar refractivity (Wildman–Crippen MR) is 198 cm³/mol. The van der Waals surface area contributed by atoms with Crippen molar-refractivity contribution in [1.29, 1.82) is 0 Å². The molecule has 2 saturated heterocycles. The molecule has 6 rings (SSSR count). The average molecular weight is 717 g/mol. The monoisotopic (exact) mass is 716 g/mol. The third-order valence-electron chi connectivity index (χ3n) is 10.7. The first-order valence-electron chi connectivity index (χ1n) is 18.4. The fraction of sp³-hybridized carbons (Fsp3) is 0.564. The molecule has 11 nitrogen and oxygen atoms in total. The number of carbonyl (C=O) groups excluding carboxylic acids is 3. The number of hydrogen-bond donors (Lipinski definition) is 3. The van der Waals surface area contributed by atoms with Crippen LogP contribution < -0.4 is 10.2 Å². The number of aromatic nitrogens is 2. The van der Waals surface area contributed by atoms with Gasteiger partial charge in [0.1, 0.15) is 6.04 Å². The van der Waals surface area contributed by atoms with Gasteiger partial charge >= 0.3 is 0 Å². The first-order valence-corrected chi connectivity index (χ1v) is 19.2. The largest absolute Gasteiger partial charge is 0.368 e. The van der Waals surface area contributed by atoms with Crippen LogP contribution in [0.2, 0.25) is 0 Å². The highest BCUT2D eigenvalue weighted by Crippen LogP contribution is 2.32. The highest BCUT2D eigenvalue weighted by molar-refractivity contribution is 7.14. The number of nitrogens with zero attached hydrogens (tertiary/aromatic N) is 5. The molecule has 274 valence electrons. The second kappa shape index (κ2) is 15.9. The molecule has 3 fully saturated rings. The number of carbonyl (C=O) groups is 3. The molecule has 3 aliphatic rings. The fourth-order valence-electron chi connectivity index (χ4n) is 7.51. The third-order valence-corrected chi connectivity index (χ3v) is 12.2. The topological polar surface area (TPSA) is 139 Å².